The lowest BCUT2D eigenvalue weighted by Gasteiger charge is -2.11. The zero-order valence-electron chi connectivity index (χ0n) is 11.4. The Morgan fingerprint density at radius 2 is 2.16 bits per heavy atom. The van der Waals surface area contributed by atoms with Crippen molar-refractivity contribution in [2.75, 3.05) is 11.9 Å². The summed E-state index contributed by atoms with van der Waals surface area (Å²) in [5, 5.41) is 9.76. The van der Waals surface area contributed by atoms with Crippen molar-refractivity contribution >= 4 is 22.4 Å². The molecule has 0 aliphatic rings. The normalized spacial score (nSPS) is 10.5. The molecule has 19 heavy (non-hydrogen) atoms. The standard InChI is InChI=1S/C14H17N3OS/c1-4-6-12(18)17(3)14-16-15-13(19-14)11-8-5-7-10(2)9-11/h5,7-9H,4,6H2,1-3H3. The van der Waals surface area contributed by atoms with Gasteiger partial charge in [0.15, 0.2) is 0 Å². The van der Waals surface area contributed by atoms with Crippen LogP contribution in [0.2, 0.25) is 0 Å². The fraction of sp³-hybridized carbons (Fsp3) is 0.357. The van der Waals surface area contributed by atoms with E-state index >= 15 is 0 Å². The van der Waals surface area contributed by atoms with Gasteiger partial charge in [0.1, 0.15) is 5.01 Å². The number of carbonyl (C=O) groups is 1. The lowest BCUT2D eigenvalue weighted by atomic mass is 10.1. The third-order valence-corrected chi connectivity index (χ3v) is 3.85. The van der Waals surface area contributed by atoms with Gasteiger partial charge in [-0.15, -0.1) is 10.2 Å². The number of hydrogen-bond donors (Lipinski definition) is 0. The van der Waals surface area contributed by atoms with Crippen LogP contribution in [0, 0.1) is 6.92 Å². The molecule has 1 heterocycles. The highest BCUT2D eigenvalue weighted by atomic mass is 32.1. The van der Waals surface area contributed by atoms with Crippen molar-refractivity contribution in [3.63, 3.8) is 0 Å². The van der Waals surface area contributed by atoms with Crippen LogP contribution in [0.1, 0.15) is 25.3 Å². The zero-order valence-corrected chi connectivity index (χ0v) is 12.2. The first-order valence-corrected chi connectivity index (χ1v) is 7.10. The van der Waals surface area contributed by atoms with Crippen LogP contribution in [0.5, 0.6) is 0 Å². The summed E-state index contributed by atoms with van der Waals surface area (Å²) >= 11 is 1.44. The summed E-state index contributed by atoms with van der Waals surface area (Å²) in [7, 11) is 1.75. The van der Waals surface area contributed by atoms with Crippen LogP contribution in [0.15, 0.2) is 24.3 Å². The quantitative estimate of drug-likeness (QED) is 0.860. The van der Waals surface area contributed by atoms with Crippen molar-refractivity contribution in [1.82, 2.24) is 10.2 Å². The van der Waals surface area contributed by atoms with Crippen molar-refractivity contribution in [3.8, 4) is 10.6 Å². The minimum atomic E-state index is 0.0782. The fourth-order valence-electron chi connectivity index (χ4n) is 1.73. The number of carbonyl (C=O) groups excluding carboxylic acids is 1. The Morgan fingerprint density at radius 3 is 2.84 bits per heavy atom. The molecule has 0 unspecified atom stereocenters. The van der Waals surface area contributed by atoms with Gasteiger partial charge in [-0.2, -0.15) is 0 Å². The molecule has 2 aromatic rings. The molecule has 1 aromatic carbocycles. The molecule has 0 saturated carbocycles. The first-order valence-electron chi connectivity index (χ1n) is 6.29. The van der Waals surface area contributed by atoms with Gasteiger partial charge in [0.2, 0.25) is 11.0 Å². The van der Waals surface area contributed by atoms with Gasteiger partial charge in [-0.3, -0.25) is 9.69 Å². The molecule has 0 saturated heterocycles. The molecule has 1 aromatic heterocycles. The minimum Gasteiger partial charge on any atom is -0.290 e. The monoisotopic (exact) mass is 275 g/mol. The lowest BCUT2D eigenvalue weighted by Crippen LogP contribution is -2.25. The Morgan fingerprint density at radius 1 is 1.37 bits per heavy atom. The number of aryl methyl sites for hydroxylation is 1. The summed E-state index contributed by atoms with van der Waals surface area (Å²) in [6.45, 7) is 4.03. The number of amides is 1. The van der Waals surface area contributed by atoms with Crippen LogP contribution in [0.4, 0.5) is 5.13 Å². The molecule has 0 radical (unpaired) electrons. The molecule has 0 fully saturated rings. The van der Waals surface area contributed by atoms with Crippen molar-refractivity contribution in [2.24, 2.45) is 0 Å². The van der Waals surface area contributed by atoms with Gasteiger partial charge >= 0.3 is 0 Å². The summed E-state index contributed by atoms with van der Waals surface area (Å²) in [5.41, 5.74) is 2.23. The Bertz CT molecular complexity index is 580. The second-order valence-corrected chi connectivity index (χ2v) is 5.42. The smallest absolute Gasteiger partial charge is 0.228 e. The van der Waals surface area contributed by atoms with E-state index < -0.39 is 0 Å². The van der Waals surface area contributed by atoms with E-state index in [1.54, 1.807) is 11.9 Å². The Kier molecular flexibility index (Phi) is 4.27. The number of aromatic nitrogens is 2. The molecular formula is C14H17N3OS. The van der Waals surface area contributed by atoms with Crippen molar-refractivity contribution in [2.45, 2.75) is 26.7 Å². The second kappa shape index (κ2) is 5.93. The van der Waals surface area contributed by atoms with Crippen LogP contribution in [0.25, 0.3) is 10.6 Å². The predicted octanol–water partition coefficient (Wildman–Crippen LogP) is 3.28. The maximum atomic E-state index is 11.8. The number of benzene rings is 1. The average molecular weight is 275 g/mol. The summed E-state index contributed by atoms with van der Waals surface area (Å²) < 4.78 is 0. The number of rotatable bonds is 4. The highest BCUT2D eigenvalue weighted by molar-refractivity contribution is 7.18. The van der Waals surface area contributed by atoms with E-state index in [4.69, 9.17) is 0 Å². The number of nitrogens with zero attached hydrogens (tertiary/aromatic N) is 3. The van der Waals surface area contributed by atoms with Crippen LogP contribution >= 0.6 is 11.3 Å². The summed E-state index contributed by atoms with van der Waals surface area (Å²) in [6.07, 6.45) is 1.38. The molecule has 1 amide bonds. The van der Waals surface area contributed by atoms with Gasteiger partial charge in [0, 0.05) is 19.0 Å². The van der Waals surface area contributed by atoms with E-state index in [-0.39, 0.29) is 5.91 Å². The van der Waals surface area contributed by atoms with E-state index in [2.05, 4.69) is 16.3 Å². The van der Waals surface area contributed by atoms with Crippen LogP contribution in [-0.2, 0) is 4.79 Å². The van der Waals surface area contributed by atoms with Gasteiger partial charge in [-0.25, -0.2) is 0 Å². The summed E-state index contributed by atoms with van der Waals surface area (Å²) in [4.78, 5) is 13.4. The van der Waals surface area contributed by atoms with Gasteiger partial charge in [0.25, 0.3) is 0 Å². The Balaban J connectivity index is 2.21. The maximum Gasteiger partial charge on any atom is 0.228 e. The molecule has 100 valence electrons. The van der Waals surface area contributed by atoms with Gasteiger partial charge in [0.05, 0.1) is 0 Å². The highest BCUT2D eigenvalue weighted by Crippen LogP contribution is 2.28. The van der Waals surface area contributed by atoms with E-state index in [1.807, 2.05) is 32.0 Å². The molecule has 2 rings (SSSR count). The largest absolute Gasteiger partial charge is 0.290 e. The molecule has 5 heteroatoms. The Hall–Kier alpha value is -1.75. The van der Waals surface area contributed by atoms with E-state index in [1.165, 1.54) is 16.9 Å². The average Bonchev–Trinajstić information content (AvgIpc) is 2.87. The van der Waals surface area contributed by atoms with Crippen LogP contribution in [0.3, 0.4) is 0 Å². The molecule has 0 aliphatic carbocycles. The molecule has 0 atom stereocenters. The zero-order chi connectivity index (χ0) is 13.8. The van der Waals surface area contributed by atoms with E-state index in [0.717, 1.165) is 17.0 Å². The van der Waals surface area contributed by atoms with Crippen molar-refractivity contribution in [3.05, 3.63) is 29.8 Å². The molecule has 0 N–H and O–H groups in total. The molecule has 0 spiro atoms. The molecule has 0 bridgehead atoms. The van der Waals surface area contributed by atoms with Gasteiger partial charge in [-0.05, 0) is 19.4 Å². The van der Waals surface area contributed by atoms with E-state index in [9.17, 15) is 4.79 Å². The second-order valence-electron chi connectivity index (χ2n) is 4.46. The van der Waals surface area contributed by atoms with Crippen LogP contribution < -0.4 is 4.90 Å². The lowest BCUT2D eigenvalue weighted by molar-refractivity contribution is -0.118. The predicted molar refractivity (Wildman–Crippen MR) is 78.4 cm³/mol. The SMILES string of the molecule is CCCC(=O)N(C)c1nnc(-c2cccc(C)c2)s1. The van der Waals surface area contributed by atoms with Crippen LogP contribution in [-0.4, -0.2) is 23.2 Å². The minimum absolute atomic E-state index is 0.0782. The van der Waals surface area contributed by atoms with Gasteiger partial charge in [-0.1, -0.05) is 42.0 Å². The number of anilines is 1. The first-order chi connectivity index (χ1) is 9.11. The maximum absolute atomic E-state index is 11.8. The molecule has 4 nitrogen and oxygen atoms in total. The number of hydrogen-bond acceptors (Lipinski definition) is 4. The van der Waals surface area contributed by atoms with Crippen molar-refractivity contribution < 1.29 is 4.79 Å². The van der Waals surface area contributed by atoms with E-state index in [0.29, 0.717) is 11.6 Å². The molecule has 0 aliphatic heterocycles. The molecular weight excluding hydrogens is 258 g/mol. The first kappa shape index (κ1) is 13.7. The Labute approximate surface area is 117 Å². The fourth-order valence-corrected chi connectivity index (χ4v) is 2.55. The third-order valence-electron chi connectivity index (χ3n) is 2.80. The third kappa shape index (κ3) is 3.17. The summed E-state index contributed by atoms with van der Waals surface area (Å²) in [6, 6.07) is 8.11. The highest BCUT2D eigenvalue weighted by Gasteiger charge is 2.15. The summed E-state index contributed by atoms with van der Waals surface area (Å²) in [5.74, 6) is 0.0782. The topological polar surface area (TPSA) is 46.1 Å². The van der Waals surface area contributed by atoms with Crippen molar-refractivity contribution in [1.29, 1.82) is 0 Å². The van der Waals surface area contributed by atoms with Gasteiger partial charge < -0.3 is 0 Å².